The molecule has 0 radical (unpaired) electrons. The first kappa shape index (κ1) is 11.6. The van der Waals surface area contributed by atoms with E-state index in [1.54, 1.807) is 6.33 Å². The van der Waals surface area contributed by atoms with E-state index in [4.69, 9.17) is 4.74 Å². The van der Waals surface area contributed by atoms with Crippen molar-refractivity contribution >= 4 is 17.0 Å². The van der Waals surface area contributed by atoms with Gasteiger partial charge in [-0.25, -0.2) is 9.97 Å². The Balaban J connectivity index is 2.14. The summed E-state index contributed by atoms with van der Waals surface area (Å²) in [7, 11) is 6.23. The number of aromatic nitrogens is 4. The second-order valence-electron chi connectivity index (χ2n) is 5.50. The summed E-state index contributed by atoms with van der Waals surface area (Å²) in [6.45, 7) is 0.817. The fourth-order valence-electron chi connectivity index (χ4n) is 2.32. The van der Waals surface area contributed by atoms with Gasteiger partial charge in [0.15, 0.2) is 11.2 Å². The maximum absolute atomic E-state index is 5.69. The first-order valence-electron chi connectivity index (χ1n) is 6.18. The van der Waals surface area contributed by atoms with Crippen molar-refractivity contribution in [2.75, 3.05) is 27.7 Å². The van der Waals surface area contributed by atoms with Crippen molar-refractivity contribution in [2.24, 2.45) is 0 Å². The van der Waals surface area contributed by atoms with Gasteiger partial charge >= 0.3 is 0 Å². The van der Waals surface area contributed by atoms with E-state index in [1.165, 1.54) is 0 Å². The minimum absolute atomic E-state index is 0.0743. The standard InChI is InChI=1S/C12H18N5O/c1-17(2,3)12-10-11(13-7-14-12)16(8-15-10)9-5-4-6-18-9/h7-9H,4-6H2,1-3H3/q+1/t9-/m1/s1. The average molecular weight is 248 g/mol. The molecule has 0 bridgehead atoms. The first-order valence-corrected chi connectivity index (χ1v) is 6.18. The summed E-state index contributed by atoms with van der Waals surface area (Å²) in [6.07, 6.45) is 5.61. The van der Waals surface area contributed by atoms with Gasteiger partial charge in [-0.1, -0.05) is 0 Å². The monoisotopic (exact) mass is 248 g/mol. The number of fused-ring (bicyclic) bond motifs is 1. The zero-order chi connectivity index (χ0) is 12.8. The highest BCUT2D eigenvalue weighted by Crippen LogP contribution is 2.29. The topological polar surface area (TPSA) is 52.8 Å². The number of rotatable bonds is 2. The number of imidazole rings is 1. The van der Waals surface area contributed by atoms with E-state index in [2.05, 4.69) is 36.1 Å². The third kappa shape index (κ3) is 1.77. The van der Waals surface area contributed by atoms with Crippen LogP contribution in [-0.4, -0.2) is 47.3 Å². The minimum Gasteiger partial charge on any atom is -0.358 e. The zero-order valence-corrected chi connectivity index (χ0v) is 11.0. The Kier molecular flexibility index (Phi) is 2.57. The van der Waals surface area contributed by atoms with E-state index in [0.717, 1.165) is 36.4 Å². The molecule has 0 amide bonds. The SMILES string of the molecule is C[N+](C)(C)c1ncnc2c1ncn2[C@H]1CCCO1. The lowest BCUT2D eigenvalue weighted by Gasteiger charge is -2.21. The molecule has 1 aliphatic heterocycles. The smallest absolute Gasteiger partial charge is 0.258 e. The summed E-state index contributed by atoms with van der Waals surface area (Å²) in [5.74, 6) is 0.928. The lowest BCUT2D eigenvalue weighted by molar-refractivity contribution is 0.0593. The molecule has 0 N–H and O–H groups in total. The van der Waals surface area contributed by atoms with Gasteiger partial charge in [-0.2, -0.15) is 4.98 Å². The number of quaternary nitrogens is 1. The Morgan fingerprint density at radius 2 is 2.11 bits per heavy atom. The Labute approximate surface area is 106 Å². The summed E-state index contributed by atoms with van der Waals surface area (Å²) in [5.41, 5.74) is 1.72. The van der Waals surface area contributed by atoms with E-state index in [1.807, 2.05) is 10.9 Å². The molecule has 2 aromatic rings. The lowest BCUT2D eigenvalue weighted by atomic mass is 10.3. The summed E-state index contributed by atoms with van der Waals surface area (Å²) in [6, 6.07) is 0. The fraction of sp³-hybridized carbons (Fsp3) is 0.583. The fourth-order valence-corrected chi connectivity index (χ4v) is 2.32. The van der Waals surface area contributed by atoms with Crippen molar-refractivity contribution in [3.05, 3.63) is 12.7 Å². The van der Waals surface area contributed by atoms with Gasteiger partial charge in [-0.3, -0.25) is 9.05 Å². The molecule has 96 valence electrons. The highest BCUT2D eigenvalue weighted by Gasteiger charge is 2.25. The molecule has 1 saturated heterocycles. The van der Waals surface area contributed by atoms with Crippen LogP contribution in [0.1, 0.15) is 19.1 Å². The van der Waals surface area contributed by atoms with Crippen LogP contribution < -0.4 is 4.48 Å². The molecule has 6 heteroatoms. The van der Waals surface area contributed by atoms with E-state index in [0.29, 0.717) is 4.48 Å². The van der Waals surface area contributed by atoms with Gasteiger partial charge in [0.1, 0.15) is 12.6 Å². The van der Waals surface area contributed by atoms with Crippen LogP contribution in [0.2, 0.25) is 0 Å². The van der Waals surface area contributed by atoms with E-state index >= 15 is 0 Å². The molecule has 0 unspecified atom stereocenters. The summed E-state index contributed by atoms with van der Waals surface area (Å²) < 4.78 is 8.33. The van der Waals surface area contributed by atoms with Gasteiger partial charge in [0, 0.05) is 6.61 Å². The number of hydrogen-bond acceptors (Lipinski definition) is 4. The third-order valence-corrected chi connectivity index (χ3v) is 3.19. The van der Waals surface area contributed by atoms with Crippen molar-refractivity contribution in [2.45, 2.75) is 19.1 Å². The predicted molar refractivity (Wildman–Crippen MR) is 69.1 cm³/mol. The lowest BCUT2D eigenvalue weighted by Crippen LogP contribution is -2.36. The largest absolute Gasteiger partial charge is 0.358 e. The van der Waals surface area contributed by atoms with Gasteiger partial charge in [-0.15, -0.1) is 0 Å². The van der Waals surface area contributed by atoms with Crippen molar-refractivity contribution in [1.82, 2.24) is 24.0 Å². The molecule has 0 aliphatic carbocycles. The van der Waals surface area contributed by atoms with Crippen LogP contribution in [0.3, 0.4) is 0 Å². The molecule has 6 nitrogen and oxygen atoms in total. The van der Waals surface area contributed by atoms with Crippen molar-refractivity contribution in [3.63, 3.8) is 0 Å². The molecule has 0 aromatic carbocycles. The maximum atomic E-state index is 5.69. The van der Waals surface area contributed by atoms with Crippen molar-refractivity contribution in [3.8, 4) is 0 Å². The quantitative estimate of drug-likeness (QED) is 0.752. The molecule has 3 heterocycles. The minimum atomic E-state index is 0.0743. The molecule has 1 aliphatic rings. The summed E-state index contributed by atoms with van der Waals surface area (Å²) >= 11 is 0. The zero-order valence-electron chi connectivity index (χ0n) is 11.0. The van der Waals surface area contributed by atoms with E-state index < -0.39 is 0 Å². The number of hydrogen-bond donors (Lipinski definition) is 0. The van der Waals surface area contributed by atoms with E-state index in [-0.39, 0.29) is 6.23 Å². The van der Waals surface area contributed by atoms with Crippen molar-refractivity contribution in [1.29, 1.82) is 0 Å². The van der Waals surface area contributed by atoms with Crippen LogP contribution >= 0.6 is 0 Å². The van der Waals surface area contributed by atoms with E-state index in [9.17, 15) is 0 Å². The molecule has 18 heavy (non-hydrogen) atoms. The van der Waals surface area contributed by atoms with Gasteiger partial charge in [0.25, 0.3) is 5.82 Å². The molecular formula is C12H18N5O+. The third-order valence-electron chi connectivity index (χ3n) is 3.19. The normalized spacial score (nSPS) is 20.7. The molecule has 1 atom stereocenters. The van der Waals surface area contributed by atoms with Crippen molar-refractivity contribution < 1.29 is 4.74 Å². The highest BCUT2D eigenvalue weighted by molar-refractivity contribution is 5.81. The van der Waals surface area contributed by atoms with Gasteiger partial charge in [0.05, 0.1) is 27.5 Å². The van der Waals surface area contributed by atoms with Crippen LogP contribution in [0.5, 0.6) is 0 Å². The molecule has 1 fully saturated rings. The highest BCUT2D eigenvalue weighted by atomic mass is 16.5. The summed E-state index contributed by atoms with van der Waals surface area (Å²) in [4.78, 5) is 13.2. The molecule has 0 saturated carbocycles. The Morgan fingerprint density at radius 1 is 1.28 bits per heavy atom. The Bertz CT molecular complexity index is 565. The van der Waals surface area contributed by atoms with Crippen LogP contribution in [0.25, 0.3) is 11.2 Å². The van der Waals surface area contributed by atoms with Gasteiger partial charge in [0.2, 0.25) is 0 Å². The molecule has 2 aromatic heterocycles. The first-order chi connectivity index (χ1) is 8.57. The second kappa shape index (κ2) is 4.00. The number of ether oxygens (including phenoxy) is 1. The molecule has 0 spiro atoms. The number of nitrogens with zero attached hydrogens (tertiary/aromatic N) is 5. The van der Waals surface area contributed by atoms with Crippen LogP contribution in [0.15, 0.2) is 12.7 Å². The predicted octanol–water partition coefficient (Wildman–Crippen LogP) is 1.33. The van der Waals surface area contributed by atoms with Crippen LogP contribution in [0, 0.1) is 0 Å². The van der Waals surface area contributed by atoms with Crippen LogP contribution in [0.4, 0.5) is 5.82 Å². The average Bonchev–Trinajstić information content (AvgIpc) is 2.95. The maximum Gasteiger partial charge on any atom is 0.258 e. The Hall–Kier alpha value is -1.53. The summed E-state index contributed by atoms with van der Waals surface area (Å²) in [5, 5.41) is 0. The van der Waals surface area contributed by atoms with Gasteiger partial charge in [-0.05, 0) is 12.8 Å². The van der Waals surface area contributed by atoms with Crippen LogP contribution in [-0.2, 0) is 4.74 Å². The molecular weight excluding hydrogens is 230 g/mol. The van der Waals surface area contributed by atoms with Gasteiger partial charge < -0.3 is 4.74 Å². The Morgan fingerprint density at radius 3 is 2.78 bits per heavy atom. The molecule has 3 rings (SSSR count). The second-order valence-corrected chi connectivity index (χ2v) is 5.50.